The van der Waals surface area contributed by atoms with Gasteiger partial charge < -0.3 is 10.1 Å². The number of halogens is 1. The van der Waals surface area contributed by atoms with Crippen molar-refractivity contribution in [1.82, 2.24) is 15.1 Å². The third-order valence-electron chi connectivity index (χ3n) is 3.66. The number of rotatable bonds is 7. The second-order valence-corrected chi connectivity index (χ2v) is 5.41. The van der Waals surface area contributed by atoms with Gasteiger partial charge in [0.1, 0.15) is 0 Å². The van der Waals surface area contributed by atoms with Crippen LogP contribution in [0.2, 0.25) is 5.02 Å². The Balaban J connectivity index is 2.19. The lowest BCUT2D eigenvalue weighted by Crippen LogP contribution is -2.27. The topological polar surface area (TPSA) is 39.1 Å². The zero-order chi connectivity index (χ0) is 13.1. The quantitative estimate of drug-likeness (QED) is 0.828. The van der Waals surface area contributed by atoms with E-state index in [1.165, 1.54) is 6.42 Å². The third-order valence-corrected chi connectivity index (χ3v) is 3.95. The van der Waals surface area contributed by atoms with E-state index in [-0.39, 0.29) is 0 Å². The summed E-state index contributed by atoms with van der Waals surface area (Å²) in [5.41, 5.74) is 1.12. The second-order valence-electron chi connectivity index (χ2n) is 5.01. The van der Waals surface area contributed by atoms with Crippen molar-refractivity contribution in [2.24, 2.45) is 11.8 Å². The first-order valence-corrected chi connectivity index (χ1v) is 7.00. The number of hydrogen-bond donors (Lipinski definition) is 1. The monoisotopic (exact) mass is 271 g/mol. The smallest absolute Gasteiger partial charge is 0.0834 e. The van der Waals surface area contributed by atoms with Crippen LogP contribution >= 0.6 is 11.6 Å². The van der Waals surface area contributed by atoms with Gasteiger partial charge in [0.25, 0.3) is 0 Å². The molecule has 3 unspecified atom stereocenters. The van der Waals surface area contributed by atoms with E-state index in [0.29, 0.717) is 18.6 Å². The van der Waals surface area contributed by atoms with Crippen molar-refractivity contribution in [2.75, 3.05) is 20.3 Å². The van der Waals surface area contributed by atoms with Gasteiger partial charge in [-0.05, 0) is 24.8 Å². The summed E-state index contributed by atoms with van der Waals surface area (Å²) in [5, 5.41) is 8.67. The Labute approximate surface area is 114 Å². The summed E-state index contributed by atoms with van der Waals surface area (Å²) < 4.78 is 7.10. The average molecular weight is 272 g/mol. The van der Waals surface area contributed by atoms with Crippen molar-refractivity contribution in [3.63, 3.8) is 0 Å². The Hall–Kier alpha value is -0.580. The molecule has 1 aliphatic carbocycles. The van der Waals surface area contributed by atoms with Crippen LogP contribution in [0.1, 0.15) is 32.0 Å². The van der Waals surface area contributed by atoms with Crippen LogP contribution in [0.25, 0.3) is 0 Å². The van der Waals surface area contributed by atoms with E-state index in [4.69, 9.17) is 16.3 Å². The molecule has 1 heterocycles. The molecular formula is C13H22ClN3O. The van der Waals surface area contributed by atoms with Crippen LogP contribution in [0.15, 0.2) is 6.20 Å². The molecule has 0 spiro atoms. The van der Waals surface area contributed by atoms with Crippen molar-refractivity contribution in [1.29, 1.82) is 0 Å². The minimum atomic E-state index is 0.317. The Morgan fingerprint density at radius 2 is 2.39 bits per heavy atom. The first-order chi connectivity index (χ1) is 8.69. The third kappa shape index (κ3) is 2.87. The Morgan fingerprint density at radius 3 is 2.94 bits per heavy atom. The molecule has 3 atom stereocenters. The van der Waals surface area contributed by atoms with E-state index in [0.717, 1.165) is 29.7 Å². The standard InChI is InChI=1S/C13H22ClN3O/c1-4-15-12(10-7-9(10)2)13-11(14)8-16-17(13)5-6-18-3/h8-10,12,15H,4-7H2,1-3H3. The summed E-state index contributed by atoms with van der Waals surface area (Å²) in [7, 11) is 1.70. The molecule has 1 fully saturated rings. The number of hydrogen-bond acceptors (Lipinski definition) is 3. The first kappa shape index (κ1) is 13.8. The maximum Gasteiger partial charge on any atom is 0.0834 e. The SMILES string of the molecule is CCNC(c1c(Cl)cnn1CCOC)C1CC1C. The van der Waals surface area contributed by atoms with E-state index in [2.05, 4.69) is 24.3 Å². The van der Waals surface area contributed by atoms with Crippen molar-refractivity contribution in [3.05, 3.63) is 16.9 Å². The van der Waals surface area contributed by atoms with E-state index >= 15 is 0 Å². The number of aromatic nitrogens is 2. The van der Waals surface area contributed by atoms with Gasteiger partial charge in [-0.25, -0.2) is 0 Å². The van der Waals surface area contributed by atoms with Gasteiger partial charge >= 0.3 is 0 Å². The molecule has 0 aromatic carbocycles. The lowest BCUT2D eigenvalue weighted by Gasteiger charge is -2.20. The summed E-state index contributed by atoms with van der Waals surface area (Å²) in [6.07, 6.45) is 3.01. The van der Waals surface area contributed by atoms with Gasteiger partial charge in [0.2, 0.25) is 0 Å². The number of ether oxygens (including phenoxy) is 1. The van der Waals surface area contributed by atoms with Crippen molar-refractivity contribution in [3.8, 4) is 0 Å². The Bertz CT molecular complexity index is 394. The van der Waals surface area contributed by atoms with Crippen LogP contribution in [0.5, 0.6) is 0 Å². The van der Waals surface area contributed by atoms with Gasteiger partial charge in [0.15, 0.2) is 0 Å². The molecule has 1 aromatic rings. The van der Waals surface area contributed by atoms with E-state index in [1.807, 2.05) is 4.68 Å². The number of methoxy groups -OCH3 is 1. The predicted octanol–water partition coefficient (Wildman–Crippen LogP) is 2.49. The highest BCUT2D eigenvalue weighted by atomic mass is 35.5. The van der Waals surface area contributed by atoms with Crippen LogP contribution < -0.4 is 5.32 Å². The molecule has 5 heteroatoms. The summed E-state index contributed by atoms with van der Waals surface area (Å²) in [6, 6.07) is 0.317. The zero-order valence-electron chi connectivity index (χ0n) is 11.3. The summed E-state index contributed by atoms with van der Waals surface area (Å²) in [4.78, 5) is 0. The summed E-state index contributed by atoms with van der Waals surface area (Å²) >= 11 is 6.31. The van der Waals surface area contributed by atoms with Gasteiger partial charge in [-0.3, -0.25) is 4.68 Å². The van der Waals surface area contributed by atoms with Crippen molar-refractivity contribution in [2.45, 2.75) is 32.9 Å². The molecule has 1 saturated carbocycles. The lowest BCUT2D eigenvalue weighted by molar-refractivity contribution is 0.181. The van der Waals surface area contributed by atoms with Gasteiger partial charge in [-0.1, -0.05) is 25.4 Å². The number of nitrogens with zero attached hydrogens (tertiary/aromatic N) is 2. The largest absolute Gasteiger partial charge is 0.383 e. The van der Waals surface area contributed by atoms with Crippen LogP contribution in [-0.4, -0.2) is 30.0 Å². The molecular weight excluding hydrogens is 250 g/mol. The Morgan fingerprint density at radius 1 is 1.67 bits per heavy atom. The minimum Gasteiger partial charge on any atom is -0.383 e. The lowest BCUT2D eigenvalue weighted by atomic mass is 10.1. The molecule has 2 rings (SSSR count). The summed E-state index contributed by atoms with van der Waals surface area (Å²) in [5.74, 6) is 1.45. The predicted molar refractivity (Wildman–Crippen MR) is 72.8 cm³/mol. The summed E-state index contributed by atoms with van der Waals surface area (Å²) in [6.45, 7) is 6.77. The molecule has 1 N–H and O–H groups in total. The molecule has 0 bridgehead atoms. The van der Waals surface area contributed by atoms with Crippen molar-refractivity contribution < 1.29 is 4.74 Å². The maximum atomic E-state index is 6.31. The van der Waals surface area contributed by atoms with Crippen molar-refractivity contribution >= 4 is 11.6 Å². The first-order valence-electron chi connectivity index (χ1n) is 6.62. The maximum absolute atomic E-state index is 6.31. The molecule has 0 aliphatic heterocycles. The molecule has 102 valence electrons. The number of nitrogens with one attached hydrogen (secondary N) is 1. The normalized spacial score (nSPS) is 24.2. The van der Waals surface area contributed by atoms with Gasteiger partial charge in [-0.2, -0.15) is 5.10 Å². The van der Waals surface area contributed by atoms with E-state index < -0.39 is 0 Å². The molecule has 0 amide bonds. The van der Waals surface area contributed by atoms with Gasteiger partial charge in [0, 0.05) is 7.11 Å². The highest BCUT2D eigenvalue weighted by molar-refractivity contribution is 6.31. The fourth-order valence-electron chi connectivity index (χ4n) is 2.52. The highest BCUT2D eigenvalue weighted by Gasteiger charge is 2.41. The van der Waals surface area contributed by atoms with Crippen LogP contribution in [-0.2, 0) is 11.3 Å². The molecule has 0 radical (unpaired) electrons. The van der Waals surface area contributed by atoms with Gasteiger partial charge in [-0.15, -0.1) is 0 Å². The van der Waals surface area contributed by atoms with Crippen LogP contribution in [0.4, 0.5) is 0 Å². The highest BCUT2D eigenvalue weighted by Crippen LogP contribution is 2.48. The molecule has 0 saturated heterocycles. The minimum absolute atomic E-state index is 0.317. The van der Waals surface area contributed by atoms with Crippen LogP contribution in [0, 0.1) is 11.8 Å². The molecule has 1 aromatic heterocycles. The van der Waals surface area contributed by atoms with E-state index in [1.54, 1.807) is 13.3 Å². The molecule has 4 nitrogen and oxygen atoms in total. The molecule has 1 aliphatic rings. The molecule has 18 heavy (non-hydrogen) atoms. The second kappa shape index (κ2) is 6.04. The van der Waals surface area contributed by atoms with E-state index in [9.17, 15) is 0 Å². The zero-order valence-corrected chi connectivity index (χ0v) is 12.1. The fraction of sp³-hybridized carbons (Fsp3) is 0.769. The van der Waals surface area contributed by atoms with Gasteiger partial charge in [0.05, 0.1) is 36.1 Å². The van der Waals surface area contributed by atoms with Crippen LogP contribution in [0.3, 0.4) is 0 Å². The fourth-order valence-corrected chi connectivity index (χ4v) is 2.78. The Kier molecular flexibility index (Phi) is 4.65. The average Bonchev–Trinajstić information content (AvgIpc) is 2.96.